The molecule has 1 fully saturated rings. The number of aliphatic hydroxyl groups excluding tert-OH is 1. The highest BCUT2D eigenvalue weighted by Gasteiger charge is 2.30. The molecule has 94 valence electrons. The molecule has 1 saturated heterocycles. The van der Waals surface area contributed by atoms with E-state index >= 15 is 0 Å². The number of nitrogens with zero attached hydrogens (tertiary/aromatic N) is 1. The SMILES string of the molecule is CC(C)(N)CC(=O)N1CCCC1CCCO. The van der Waals surface area contributed by atoms with Crippen molar-refractivity contribution >= 4 is 5.91 Å². The summed E-state index contributed by atoms with van der Waals surface area (Å²) in [4.78, 5) is 14.0. The summed E-state index contributed by atoms with van der Waals surface area (Å²) >= 11 is 0. The molecule has 1 atom stereocenters. The Morgan fingerprint density at radius 3 is 2.81 bits per heavy atom. The second-order valence-corrected chi connectivity index (χ2v) is 5.41. The van der Waals surface area contributed by atoms with Crippen LogP contribution in [-0.2, 0) is 4.79 Å². The number of aliphatic hydroxyl groups is 1. The van der Waals surface area contributed by atoms with Gasteiger partial charge in [-0.25, -0.2) is 0 Å². The van der Waals surface area contributed by atoms with Crippen LogP contribution in [0.5, 0.6) is 0 Å². The third kappa shape index (κ3) is 4.10. The highest BCUT2D eigenvalue weighted by Crippen LogP contribution is 2.23. The Morgan fingerprint density at radius 1 is 1.56 bits per heavy atom. The second kappa shape index (κ2) is 5.64. The average Bonchev–Trinajstić information content (AvgIpc) is 2.59. The van der Waals surface area contributed by atoms with Gasteiger partial charge in [0, 0.05) is 31.2 Å². The minimum atomic E-state index is -0.429. The summed E-state index contributed by atoms with van der Waals surface area (Å²) in [5.41, 5.74) is 5.43. The molecule has 16 heavy (non-hydrogen) atoms. The first-order valence-electron chi connectivity index (χ1n) is 6.13. The lowest BCUT2D eigenvalue weighted by molar-refractivity contribution is -0.133. The summed E-state index contributed by atoms with van der Waals surface area (Å²) in [5.74, 6) is 0.160. The van der Waals surface area contributed by atoms with Crippen molar-refractivity contribution < 1.29 is 9.90 Å². The normalized spacial score (nSPS) is 21.5. The maximum absolute atomic E-state index is 12.0. The fourth-order valence-electron chi connectivity index (χ4n) is 2.28. The predicted molar refractivity (Wildman–Crippen MR) is 63.9 cm³/mol. The van der Waals surface area contributed by atoms with Gasteiger partial charge in [-0.2, -0.15) is 0 Å². The van der Waals surface area contributed by atoms with Crippen LogP contribution < -0.4 is 5.73 Å². The first kappa shape index (κ1) is 13.5. The highest BCUT2D eigenvalue weighted by atomic mass is 16.3. The quantitative estimate of drug-likeness (QED) is 0.734. The summed E-state index contributed by atoms with van der Waals surface area (Å²) in [6.07, 6.45) is 4.24. The second-order valence-electron chi connectivity index (χ2n) is 5.41. The van der Waals surface area contributed by atoms with Crippen molar-refractivity contribution in [3.8, 4) is 0 Å². The number of nitrogens with two attached hydrogens (primary N) is 1. The van der Waals surface area contributed by atoms with E-state index in [2.05, 4.69) is 0 Å². The van der Waals surface area contributed by atoms with E-state index in [1.807, 2.05) is 18.7 Å². The largest absolute Gasteiger partial charge is 0.396 e. The van der Waals surface area contributed by atoms with Gasteiger partial charge in [0.1, 0.15) is 0 Å². The molecule has 0 aromatic heterocycles. The van der Waals surface area contributed by atoms with Crippen LogP contribution >= 0.6 is 0 Å². The van der Waals surface area contributed by atoms with E-state index in [0.717, 1.165) is 32.2 Å². The molecule has 1 rings (SSSR count). The predicted octanol–water partition coefficient (Wildman–Crippen LogP) is 0.877. The van der Waals surface area contributed by atoms with E-state index in [9.17, 15) is 4.79 Å². The topological polar surface area (TPSA) is 66.6 Å². The van der Waals surface area contributed by atoms with Crippen molar-refractivity contribution in [2.24, 2.45) is 5.73 Å². The van der Waals surface area contributed by atoms with E-state index in [1.54, 1.807) is 0 Å². The van der Waals surface area contributed by atoms with Crippen LogP contribution in [0.1, 0.15) is 46.0 Å². The molecule has 4 nitrogen and oxygen atoms in total. The fraction of sp³-hybridized carbons (Fsp3) is 0.917. The van der Waals surface area contributed by atoms with Gasteiger partial charge in [0.25, 0.3) is 0 Å². The van der Waals surface area contributed by atoms with E-state index < -0.39 is 5.54 Å². The molecular weight excluding hydrogens is 204 g/mol. The molecule has 0 saturated carbocycles. The maximum atomic E-state index is 12.0. The number of rotatable bonds is 5. The summed E-state index contributed by atoms with van der Waals surface area (Å²) < 4.78 is 0. The lowest BCUT2D eigenvalue weighted by Gasteiger charge is -2.28. The van der Waals surface area contributed by atoms with Gasteiger partial charge < -0.3 is 15.7 Å². The molecule has 4 heteroatoms. The molecule has 0 aromatic rings. The van der Waals surface area contributed by atoms with Crippen LogP contribution in [0.15, 0.2) is 0 Å². The van der Waals surface area contributed by atoms with Gasteiger partial charge in [0.2, 0.25) is 5.91 Å². The van der Waals surface area contributed by atoms with Gasteiger partial charge in [-0.1, -0.05) is 0 Å². The molecule has 1 heterocycles. The Labute approximate surface area is 97.8 Å². The average molecular weight is 228 g/mol. The maximum Gasteiger partial charge on any atom is 0.224 e. The molecule has 1 unspecified atom stereocenters. The molecule has 3 N–H and O–H groups in total. The van der Waals surface area contributed by atoms with Crippen LogP contribution in [0.4, 0.5) is 0 Å². The van der Waals surface area contributed by atoms with Gasteiger partial charge in [-0.3, -0.25) is 4.79 Å². The van der Waals surface area contributed by atoms with Gasteiger partial charge in [-0.15, -0.1) is 0 Å². The van der Waals surface area contributed by atoms with Crippen LogP contribution in [0, 0.1) is 0 Å². The van der Waals surface area contributed by atoms with Crippen LogP contribution in [0.25, 0.3) is 0 Å². The van der Waals surface area contributed by atoms with Crippen molar-refractivity contribution in [3.05, 3.63) is 0 Å². The Hall–Kier alpha value is -0.610. The number of carbonyl (C=O) groups is 1. The smallest absolute Gasteiger partial charge is 0.224 e. The van der Waals surface area contributed by atoms with E-state index in [-0.39, 0.29) is 12.5 Å². The van der Waals surface area contributed by atoms with Crippen molar-refractivity contribution in [2.75, 3.05) is 13.2 Å². The zero-order valence-electron chi connectivity index (χ0n) is 10.4. The lowest BCUT2D eigenvalue weighted by atomic mass is 10.0. The van der Waals surface area contributed by atoms with Crippen LogP contribution in [0.2, 0.25) is 0 Å². The third-order valence-electron chi connectivity index (χ3n) is 3.00. The lowest BCUT2D eigenvalue weighted by Crippen LogP contribution is -2.43. The van der Waals surface area contributed by atoms with E-state index in [1.165, 1.54) is 0 Å². The Morgan fingerprint density at radius 2 is 2.25 bits per heavy atom. The Balaban J connectivity index is 2.47. The number of likely N-dealkylation sites (tertiary alicyclic amines) is 1. The summed E-state index contributed by atoms with van der Waals surface area (Å²) in [6.45, 7) is 4.82. The van der Waals surface area contributed by atoms with Crippen molar-refractivity contribution in [2.45, 2.75) is 57.5 Å². The zero-order chi connectivity index (χ0) is 12.2. The van der Waals surface area contributed by atoms with Crippen molar-refractivity contribution in [3.63, 3.8) is 0 Å². The molecule has 0 aromatic carbocycles. The number of amides is 1. The van der Waals surface area contributed by atoms with Crippen molar-refractivity contribution in [1.29, 1.82) is 0 Å². The first-order valence-corrected chi connectivity index (χ1v) is 6.13. The summed E-state index contributed by atoms with van der Waals surface area (Å²) in [7, 11) is 0. The molecule has 1 amide bonds. The van der Waals surface area contributed by atoms with Gasteiger partial charge in [0.15, 0.2) is 0 Å². The third-order valence-corrected chi connectivity index (χ3v) is 3.00. The van der Waals surface area contributed by atoms with Gasteiger partial charge in [0.05, 0.1) is 0 Å². The zero-order valence-corrected chi connectivity index (χ0v) is 10.4. The van der Waals surface area contributed by atoms with Crippen LogP contribution in [0.3, 0.4) is 0 Å². The molecular formula is C12H24N2O2. The highest BCUT2D eigenvalue weighted by molar-refractivity contribution is 5.78. The standard InChI is InChI=1S/C12H24N2O2/c1-12(2,13)9-11(16)14-7-3-5-10(14)6-4-8-15/h10,15H,3-9,13H2,1-2H3. The van der Waals surface area contributed by atoms with E-state index in [0.29, 0.717) is 12.5 Å². The summed E-state index contributed by atoms with van der Waals surface area (Å²) in [6, 6.07) is 0.321. The van der Waals surface area contributed by atoms with Crippen LogP contribution in [-0.4, -0.2) is 40.6 Å². The number of carbonyl (C=O) groups excluding carboxylic acids is 1. The Kier molecular flexibility index (Phi) is 4.74. The molecule has 0 aliphatic carbocycles. The van der Waals surface area contributed by atoms with E-state index in [4.69, 9.17) is 10.8 Å². The minimum Gasteiger partial charge on any atom is -0.396 e. The minimum absolute atomic E-state index is 0.160. The monoisotopic (exact) mass is 228 g/mol. The first-order chi connectivity index (χ1) is 7.44. The Bertz CT molecular complexity index is 236. The molecule has 0 radical (unpaired) electrons. The fourth-order valence-corrected chi connectivity index (χ4v) is 2.28. The number of hydrogen-bond acceptors (Lipinski definition) is 3. The molecule has 1 aliphatic heterocycles. The summed E-state index contributed by atoms with van der Waals surface area (Å²) in [5, 5.41) is 8.81. The molecule has 0 spiro atoms. The molecule has 1 aliphatic rings. The number of hydrogen-bond donors (Lipinski definition) is 2. The van der Waals surface area contributed by atoms with Crippen molar-refractivity contribution in [1.82, 2.24) is 4.90 Å². The molecule has 0 bridgehead atoms. The van der Waals surface area contributed by atoms with Gasteiger partial charge >= 0.3 is 0 Å². The van der Waals surface area contributed by atoms with Gasteiger partial charge in [-0.05, 0) is 39.5 Å².